The molecule has 2 aliphatic rings. The number of aromatic nitrogens is 3. The number of hydrogen-bond donors (Lipinski definition) is 1. The van der Waals surface area contributed by atoms with Crippen molar-refractivity contribution in [3.63, 3.8) is 0 Å². The van der Waals surface area contributed by atoms with Crippen LogP contribution < -0.4 is 5.73 Å². The third kappa shape index (κ3) is 3.30. The zero-order chi connectivity index (χ0) is 18.1. The summed E-state index contributed by atoms with van der Waals surface area (Å²) in [5.41, 5.74) is 8.79. The standard InChI is InChI=1S/C18H24N6O2/c1-2-3-5-22-7-8-24-14(11-22)9-13(20-24)10-23-6-4-16-15(12-23)17(18(19)25)21-26-16/h2-3,9H,4-8,10-12H2,1H3,(H2,19,25)/b3-2+. The number of nitrogens with two attached hydrogens (primary N) is 1. The van der Waals surface area contributed by atoms with Crippen molar-refractivity contribution in [2.24, 2.45) is 5.73 Å². The average Bonchev–Trinajstić information content (AvgIpc) is 3.22. The lowest BCUT2D eigenvalue weighted by molar-refractivity contribution is 0.0990. The predicted molar refractivity (Wildman–Crippen MR) is 95.2 cm³/mol. The molecule has 0 atom stereocenters. The molecule has 2 aromatic heterocycles. The summed E-state index contributed by atoms with van der Waals surface area (Å²) in [6.07, 6.45) is 5.01. The van der Waals surface area contributed by atoms with Crippen molar-refractivity contribution in [3.8, 4) is 0 Å². The minimum Gasteiger partial charge on any atom is -0.364 e. The molecule has 0 saturated heterocycles. The van der Waals surface area contributed by atoms with Gasteiger partial charge in [0.05, 0.1) is 17.9 Å². The van der Waals surface area contributed by atoms with E-state index in [1.165, 1.54) is 5.69 Å². The number of carbonyl (C=O) groups excluding carboxylic acids is 1. The molecule has 0 saturated carbocycles. The van der Waals surface area contributed by atoms with Gasteiger partial charge in [0.1, 0.15) is 5.76 Å². The Morgan fingerprint density at radius 3 is 3.00 bits per heavy atom. The second-order valence-corrected chi connectivity index (χ2v) is 6.91. The Hall–Kier alpha value is -2.45. The van der Waals surface area contributed by atoms with Crippen LogP contribution in [0, 0.1) is 0 Å². The molecule has 0 unspecified atom stereocenters. The molecule has 2 aromatic rings. The Labute approximate surface area is 152 Å². The van der Waals surface area contributed by atoms with Gasteiger partial charge < -0.3 is 10.3 Å². The number of nitrogens with zero attached hydrogens (tertiary/aromatic N) is 5. The van der Waals surface area contributed by atoms with Crippen molar-refractivity contribution in [1.82, 2.24) is 24.7 Å². The molecular formula is C18H24N6O2. The van der Waals surface area contributed by atoms with Crippen molar-refractivity contribution in [2.45, 2.75) is 39.5 Å². The van der Waals surface area contributed by atoms with Gasteiger partial charge in [-0.2, -0.15) is 5.10 Å². The molecule has 1 amide bonds. The molecule has 2 aliphatic heterocycles. The Kier molecular flexibility index (Phi) is 4.60. The largest absolute Gasteiger partial charge is 0.364 e. The number of allylic oxidation sites excluding steroid dienone is 1. The minimum absolute atomic E-state index is 0.258. The molecule has 0 bridgehead atoms. The second kappa shape index (κ2) is 7.05. The van der Waals surface area contributed by atoms with E-state index in [4.69, 9.17) is 15.4 Å². The number of fused-ring (bicyclic) bond motifs is 2. The summed E-state index contributed by atoms with van der Waals surface area (Å²) in [6, 6.07) is 2.19. The Morgan fingerprint density at radius 1 is 1.31 bits per heavy atom. The molecule has 0 fully saturated rings. The monoisotopic (exact) mass is 356 g/mol. The van der Waals surface area contributed by atoms with Gasteiger partial charge >= 0.3 is 0 Å². The molecule has 0 spiro atoms. The molecule has 4 heterocycles. The first-order valence-corrected chi connectivity index (χ1v) is 9.02. The summed E-state index contributed by atoms with van der Waals surface area (Å²) in [5, 5.41) is 8.58. The molecule has 0 aromatic carbocycles. The summed E-state index contributed by atoms with van der Waals surface area (Å²) in [7, 11) is 0. The van der Waals surface area contributed by atoms with E-state index in [1.807, 2.05) is 0 Å². The van der Waals surface area contributed by atoms with Crippen LogP contribution in [0.3, 0.4) is 0 Å². The van der Waals surface area contributed by atoms with Crippen LogP contribution in [0.5, 0.6) is 0 Å². The van der Waals surface area contributed by atoms with E-state index in [0.717, 1.165) is 62.7 Å². The Bertz CT molecular complexity index is 837. The number of rotatable bonds is 5. The van der Waals surface area contributed by atoms with E-state index in [-0.39, 0.29) is 5.69 Å². The van der Waals surface area contributed by atoms with Crippen molar-refractivity contribution in [2.75, 3.05) is 19.6 Å². The lowest BCUT2D eigenvalue weighted by Crippen LogP contribution is -2.33. The van der Waals surface area contributed by atoms with Crippen molar-refractivity contribution in [1.29, 1.82) is 0 Å². The van der Waals surface area contributed by atoms with Crippen LogP contribution in [0.15, 0.2) is 22.7 Å². The topological polar surface area (TPSA) is 93.4 Å². The van der Waals surface area contributed by atoms with Crippen molar-refractivity contribution >= 4 is 5.91 Å². The third-order valence-electron chi connectivity index (χ3n) is 5.05. The van der Waals surface area contributed by atoms with E-state index in [1.54, 1.807) is 0 Å². The van der Waals surface area contributed by atoms with Crippen molar-refractivity contribution < 1.29 is 9.32 Å². The molecule has 26 heavy (non-hydrogen) atoms. The van der Waals surface area contributed by atoms with Gasteiger partial charge in [0.2, 0.25) is 0 Å². The molecule has 8 nitrogen and oxygen atoms in total. The van der Waals surface area contributed by atoms with E-state index >= 15 is 0 Å². The smallest absolute Gasteiger partial charge is 0.271 e. The van der Waals surface area contributed by atoms with Crippen LogP contribution in [0.1, 0.15) is 40.1 Å². The van der Waals surface area contributed by atoms with Gasteiger partial charge in [0.25, 0.3) is 5.91 Å². The zero-order valence-electron chi connectivity index (χ0n) is 15.0. The first-order chi connectivity index (χ1) is 12.6. The first-order valence-electron chi connectivity index (χ1n) is 9.02. The zero-order valence-corrected chi connectivity index (χ0v) is 15.0. The summed E-state index contributed by atoms with van der Waals surface area (Å²) < 4.78 is 7.37. The molecule has 4 rings (SSSR count). The average molecular weight is 356 g/mol. The first kappa shape index (κ1) is 17.0. The molecule has 0 aliphatic carbocycles. The van der Waals surface area contributed by atoms with Gasteiger partial charge in [-0.3, -0.25) is 19.3 Å². The van der Waals surface area contributed by atoms with Crippen LogP contribution in [-0.2, 0) is 32.6 Å². The third-order valence-corrected chi connectivity index (χ3v) is 5.05. The van der Waals surface area contributed by atoms with Crippen molar-refractivity contribution in [3.05, 3.63) is 46.6 Å². The molecule has 0 radical (unpaired) electrons. The van der Waals surface area contributed by atoms with E-state index < -0.39 is 5.91 Å². The van der Waals surface area contributed by atoms with Crippen LogP contribution in [0.2, 0.25) is 0 Å². The summed E-state index contributed by atoms with van der Waals surface area (Å²) in [5.74, 6) is 0.245. The predicted octanol–water partition coefficient (Wildman–Crippen LogP) is 0.920. The van der Waals surface area contributed by atoms with Gasteiger partial charge in [0.15, 0.2) is 5.69 Å². The SMILES string of the molecule is C/C=C/CN1CCn2nc(CN3CCc4onc(C(N)=O)c4C3)cc2C1. The van der Waals surface area contributed by atoms with E-state index in [2.05, 4.69) is 44.8 Å². The lowest BCUT2D eigenvalue weighted by Gasteiger charge is -2.26. The van der Waals surface area contributed by atoms with E-state index in [9.17, 15) is 4.79 Å². The highest BCUT2D eigenvalue weighted by Crippen LogP contribution is 2.24. The normalized spacial score (nSPS) is 18.2. The van der Waals surface area contributed by atoms with Crippen LogP contribution >= 0.6 is 0 Å². The molecule has 138 valence electrons. The van der Waals surface area contributed by atoms with E-state index in [0.29, 0.717) is 6.54 Å². The number of amides is 1. The van der Waals surface area contributed by atoms with Crippen LogP contribution in [-0.4, -0.2) is 50.3 Å². The van der Waals surface area contributed by atoms with Gasteiger partial charge in [0, 0.05) is 51.3 Å². The summed E-state index contributed by atoms with van der Waals surface area (Å²) in [4.78, 5) is 16.2. The maximum atomic E-state index is 11.5. The summed E-state index contributed by atoms with van der Waals surface area (Å²) >= 11 is 0. The fourth-order valence-corrected chi connectivity index (χ4v) is 3.69. The van der Waals surface area contributed by atoms with Crippen LogP contribution in [0.25, 0.3) is 0 Å². The fraction of sp³-hybridized carbons (Fsp3) is 0.500. The highest BCUT2D eigenvalue weighted by atomic mass is 16.5. The molecule has 2 N–H and O–H groups in total. The van der Waals surface area contributed by atoms with Gasteiger partial charge in [-0.05, 0) is 13.0 Å². The highest BCUT2D eigenvalue weighted by molar-refractivity contribution is 5.92. The molecular weight excluding hydrogens is 332 g/mol. The summed E-state index contributed by atoms with van der Waals surface area (Å²) in [6.45, 7) is 8.13. The van der Waals surface area contributed by atoms with Crippen LogP contribution in [0.4, 0.5) is 0 Å². The van der Waals surface area contributed by atoms with Gasteiger partial charge in [-0.25, -0.2) is 0 Å². The highest BCUT2D eigenvalue weighted by Gasteiger charge is 2.27. The van der Waals surface area contributed by atoms with Gasteiger partial charge in [-0.15, -0.1) is 0 Å². The van der Waals surface area contributed by atoms with Gasteiger partial charge in [-0.1, -0.05) is 17.3 Å². The lowest BCUT2D eigenvalue weighted by atomic mass is 10.1. The number of primary amides is 1. The Balaban J connectivity index is 1.44. The fourth-order valence-electron chi connectivity index (χ4n) is 3.69. The maximum Gasteiger partial charge on any atom is 0.271 e. The number of hydrogen-bond acceptors (Lipinski definition) is 6. The quantitative estimate of drug-likeness (QED) is 0.801. The number of carbonyl (C=O) groups is 1. The minimum atomic E-state index is -0.532. The Morgan fingerprint density at radius 2 is 2.19 bits per heavy atom. The maximum absolute atomic E-state index is 11.5. The second-order valence-electron chi connectivity index (χ2n) is 6.91. The molecule has 8 heteroatoms.